The van der Waals surface area contributed by atoms with Crippen molar-refractivity contribution in [2.75, 3.05) is 20.2 Å². The lowest BCUT2D eigenvalue weighted by Crippen LogP contribution is -2.30. The van der Waals surface area contributed by atoms with Crippen LogP contribution in [0.15, 0.2) is 24.3 Å². The van der Waals surface area contributed by atoms with Crippen LogP contribution < -0.4 is 10.1 Å². The van der Waals surface area contributed by atoms with Crippen LogP contribution in [0.2, 0.25) is 0 Å². The van der Waals surface area contributed by atoms with E-state index in [0.717, 1.165) is 11.1 Å². The minimum absolute atomic E-state index is 0.0477. The molecule has 3 aromatic rings. The molecule has 0 atom stereocenters. The number of benzene rings is 2. The molecular formula is C28H33N5O5. The molecule has 0 unspecified atom stereocenters. The Balaban J connectivity index is 1.70. The number of ether oxygens (including phenoxy) is 1. The number of Topliss-reactive ketones (excluding diaryl/α,β-unsaturated/α-hetero) is 1. The molecule has 200 valence electrons. The Labute approximate surface area is 221 Å². The number of amidine groups is 1. The molecule has 0 saturated carbocycles. The molecule has 2 aromatic carbocycles. The molecule has 0 bridgehead atoms. The maximum absolute atomic E-state index is 13.6. The Morgan fingerprint density at radius 3 is 2.47 bits per heavy atom. The highest BCUT2D eigenvalue weighted by atomic mass is 16.5. The van der Waals surface area contributed by atoms with Gasteiger partial charge in [-0.2, -0.15) is 0 Å². The number of rotatable bonds is 8. The van der Waals surface area contributed by atoms with E-state index in [2.05, 4.69) is 10.3 Å². The van der Waals surface area contributed by atoms with Gasteiger partial charge < -0.3 is 24.6 Å². The van der Waals surface area contributed by atoms with Gasteiger partial charge in [-0.3, -0.25) is 19.8 Å². The lowest BCUT2D eigenvalue weighted by Gasteiger charge is -2.22. The van der Waals surface area contributed by atoms with Crippen LogP contribution in [0.25, 0.3) is 11.0 Å². The summed E-state index contributed by atoms with van der Waals surface area (Å²) in [5.41, 5.74) is 3.94. The number of imidazole rings is 1. The average molecular weight is 520 g/mol. The van der Waals surface area contributed by atoms with Gasteiger partial charge in [0.25, 0.3) is 5.91 Å². The normalized spacial score (nSPS) is 13.1. The number of aryl methyl sites for hydroxylation is 1. The molecule has 2 heterocycles. The van der Waals surface area contributed by atoms with Crippen molar-refractivity contribution in [2.24, 2.45) is 0 Å². The van der Waals surface area contributed by atoms with Gasteiger partial charge in [-0.25, -0.2) is 4.98 Å². The summed E-state index contributed by atoms with van der Waals surface area (Å²) < 4.78 is 7.27. The Morgan fingerprint density at radius 1 is 1.16 bits per heavy atom. The van der Waals surface area contributed by atoms with E-state index >= 15 is 0 Å². The van der Waals surface area contributed by atoms with E-state index in [4.69, 9.17) is 10.1 Å². The Bertz CT molecular complexity index is 1480. The molecule has 1 amide bonds. The molecular weight excluding hydrogens is 486 g/mol. The minimum Gasteiger partial charge on any atom is -0.493 e. The van der Waals surface area contributed by atoms with E-state index in [9.17, 15) is 19.5 Å². The smallest absolute Gasteiger partial charge is 0.323 e. The van der Waals surface area contributed by atoms with E-state index in [0.29, 0.717) is 52.4 Å². The molecule has 1 aliphatic rings. The lowest BCUT2D eigenvalue weighted by molar-refractivity contribution is -0.137. The Morgan fingerprint density at radius 2 is 1.87 bits per heavy atom. The second-order valence-corrected chi connectivity index (χ2v) is 10.4. The number of nitrogens with zero attached hydrogens (tertiary/aromatic N) is 3. The quantitative estimate of drug-likeness (QED) is 0.387. The van der Waals surface area contributed by atoms with Crippen LogP contribution in [0.1, 0.15) is 70.9 Å². The molecule has 0 spiro atoms. The van der Waals surface area contributed by atoms with Gasteiger partial charge in [-0.05, 0) is 54.7 Å². The van der Waals surface area contributed by atoms with E-state index in [1.165, 1.54) is 7.05 Å². The van der Waals surface area contributed by atoms with E-state index in [-0.39, 0.29) is 36.0 Å². The number of amides is 1. The zero-order valence-electron chi connectivity index (χ0n) is 22.6. The first-order valence-electron chi connectivity index (χ1n) is 12.5. The van der Waals surface area contributed by atoms with Gasteiger partial charge >= 0.3 is 5.97 Å². The number of carboxylic acid groups (broad SMARTS) is 1. The summed E-state index contributed by atoms with van der Waals surface area (Å²) in [4.78, 5) is 43.8. The second kappa shape index (κ2) is 9.92. The number of nitrogens with one attached hydrogen (secondary N) is 2. The summed E-state index contributed by atoms with van der Waals surface area (Å²) in [6.45, 7) is 10.1. The third kappa shape index (κ3) is 4.85. The van der Waals surface area contributed by atoms with Crippen LogP contribution in [0.3, 0.4) is 0 Å². The van der Waals surface area contributed by atoms with Crippen molar-refractivity contribution >= 4 is 34.5 Å². The highest BCUT2D eigenvalue weighted by molar-refractivity contribution is 6.08. The summed E-state index contributed by atoms with van der Waals surface area (Å²) >= 11 is 0. The van der Waals surface area contributed by atoms with E-state index in [1.54, 1.807) is 34.6 Å². The van der Waals surface area contributed by atoms with Gasteiger partial charge in [0, 0.05) is 24.7 Å². The number of carbonyl (C=O) groups excluding carboxylic acids is 2. The topological polar surface area (TPSA) is 138 Å². The molecule has 0 aliphatic carbocycles. The molecule has 4 rings (SSSR count). The van der Waals surface area contributed by atoms with Crippen molar-refractivity contribution in [3.05, 3.63) is 57.9 Å². The SMILES string of the molecule is CCOc1cc2c(cc1C(=O)NC)C(=N)N(CC(=O)c1cc(C(C)(C)C)c3nc(C)n(CC(=O)O)c3c1)C2. The largest absolute Gasteiger partial charge is 0.493 e. The second-order valence-electron chi connectivity index (χ2n) is 10.4. The Kier molecular flexibility index (Phi) is 7.01. The third-order valence-electron chi connectivity index (χ3n) is 6.71. The van der Waals surface area contributed by atoms with Gasteiger partial charge in [0.2, 0.25) is 0 Å². The number of hydrogen-bond donors (Lipinski definition) is 3. The number of fused-ring (bicyclic) bond motifs is 2. The highest BCUT2D eigenvalue weighted by Crippen LogP contribution is 2.33. The van der Waals surface area contributed by atoms with Gasteiger partial charge in [0.15, 0.2) is 5.78 Å². The summed E-state index contributed by atoms with van der Waals surface area (Å²) in [6.07, 6.45) is 0. The van der Waals surface area contributed by atoms with Crippen molar-refractivity contribution in [1.82, 2.24) is 19.8 Å². The number of aliphatic carboxylic acids is 1. The molecule has 1 aliphatic heterocycles. The van der Waals surface area contributed by atoms with Crippen LogP contribution in [0.5, 0.6) is 5.75 Å². The van der Waals surface area contributed by atoms with Crippen molar-refractivity contribution in [1.29, 1.82) is 5.41 Å². The maximum atomic E-state index is 13.6. The number of hydrogen-bond acceptors (Lipinski definition) is 6. The summed E-state index contributed by atoms with van der Waals surface area (Å²) in [6, 6.07) is 6.92. The van der Waals surface area contributed by atoms with E-state index < -0.39 is 5.97 Å². The van der Waals surface area contributed by atoms with Crippen molar-refractivity contribution in [2.45, 2.75) is 53.1 Å². The zero-order chi connectivity index (χ0) is 27.9. The van der Waals surface area contributed by atoms with Gasteiger partial charge in [-0.1, -0.05) is 20.8 Å². The fourth-order valence-electron chi connectivity index (χ4n) is 4.82. The van der Waals surface area contributed by atoms with Crippen LogP contribution in [0.4, 0.5) is 0 Å². The highest BCUT2D eigenvalue weighted by Gasteiger charge is 2.30. The average Bonchev–Trinajstić information content (AvgIpc) is 3.31. The molecule has 3 N–H and O–H groups in total. The number of carboxylic acids is 1. The predicted octanol–water partition coefficient (Wildman–Crippen LogP) is 3.51. The summed E-state index contributed by atoms with van der Waals surface area (Å²) in [5.74, 6) is -0.347. The van der Waals surface area contributed by atoms with Gasteiger partial charge in [0.1, 0.15) is 24.0 Å². The van der Waals surface area contributed by atoms with Gasteiger partial charge in [0.05, 0.1) is 29.7 Å². The minimum atomic E-state index is -0.993. The van der Waals surface area contributed by atoms with Crippen LogP contribution in [-0.2, 0) is 23.3 Å². The first-order valence-corrected chi connectivity index (χ1v) is 12.5. The summed E-state index contributed by atoms with van der Waals surface area (Å²) in [5, 5.41) is 20.7. The zero-order valence-corrected chi connectivity index (χ0v) is 22.6. The van der Waals surface area contributed by atoms with Gasteiger partial charge in [-0.15, -0.1) is 0 Å². The first kappa shape index (κ1) is 26.8. The van der Waals surface area contributed by atoms with Crippen LogP contribution >= 0.6 is 0 Å². The fraction of sp³-hybridized carbons (Fsp3) is 0.393. The first-order chi connectivity index (χ1) is 17.8. The molecule has 10 heteroatoms. The monoisotopic (exact) mass is 519 g/mol. The van der Waals surface area contributed by atoms with E-state index in [1.807, 2.05) is 33.8 Å². The number of ketones is 1. The number of carbonyl (C=O) groups is 3. The standard InChI is InChI=1S/C28H33N5O5/c1-7-38-23-10-17-12-32(26(29)18(17)11-19(23)27(37)30-6)13-22(34)16-8-20(28(3,4)5)25-21(9-16)33(14-24(35)36)15(2)31-25/h8-11,29H,7,12-14H2,1-6H3,(H,30,37)(H,35,36). The van der Waals surface area contributed by atoms with Crippen molar-refractivity contribution in [3.8, 4) is 5.75 Å². The predicted molar refractivity (Wildman–Crippen MR) is 143 cm³/mol. The number of aromatic nitrogens is 2. The molecule has 0 saturated heterocycles. The molecule has 0 fully saturated rings. The van der Waals surface area contributed by atoms with Crippen molar-refractivity contribution < 1.29 is 24.2 Å². The molecule has 0 radical (unpaired) electrons. The third-order valence-corrected chi connectivity index (χ3v) is 6.71. The maximum Gasteiger partial charge on any atom is 0.323 e. The molecule has 1 aromatic heterocycles. The van der Waals surface area contributed by atoms with Crippen LogP contribution in [0, 0.1) is 12.3 Å². The van der Waals surface area contributed by atoms with Crippen molar-refractivity contribution in [3.63, 3.8) is 0 Å². The molecule has 10 nitrogen and oxygen atoms in total. The molecule has 38 heavy (non-hydrogen) atoms. The Hall–Kier alpha value is -4.21. The van der Waals surface area contributed by atoms with Crippen LogP contribution in [-0.4, -0.2) is 63.3 Å². The lowest BCUT2D eigenvalue weighted by atomic mass is 9.84. The summed E-state index contributed by atoms with van der Waals surface area (Å²) in [7, 11) is 1.54. The fourth-order valence-corrected chi connectivity index (χ4v) is 4.82.